The highest BCUT2D eigenvalue weighted by molar-refractivity contribution is 5.84. The lowest BCUT2D eigenvalue weighted by atomic mass is 10.1. The van der Waals surface area contributed by atoms with Gasteiger partial charge in [-0.15, -0.1) is 0 Å². The molecule has 0 spiro atoms. The summed E-state index contributed by atoms with van der Waals surface area (Å²) >= 11 is 0. The van der Waals surface area contributed by atoms with Crippen LogP contribution < -0.4 is 5.73 Å². The summed E-state index contributed by atoms with van der Waals surface area (Å²) in [6.45, 7) is 1.50. The lowest BCUT2D eigenvalue weighted by molar-refractivity contribution is -0.147. The molecule has 1 atom stereocenters. The third-order valence-corrected chi connectivity index (χ3v) is 5.03. The Bertz CT molecular complexity index is 571. The molecule has 0 bridgehead atoms. The molecule has 198 valence electrons. The summed E-state index contributed by atoms with van der Waals surface area (Å²) in [6, 6.07) is -1.26. The zero-order valence-corrected chi connectivity index (χ0v) is 20.7. The molecule has 0 aliphatic carbocycles. The van der Waals surface area contributed by atoms with Crippen LogP contribution >= 0.6 is 0 Å². The van der Waals surface area contributed by atoms with Gasteiger partial charge in [0.1, 0.15) is 6.04 Å². The molecule has 13 nitrogen and oxygen atoms in total. The Morgan fingerprint density at radius 1 is 0.735 bits per heavy atom. The summed E-state index contributed by atoms with van der Waals surface area (Å²) < 4.78 is 20.2. The first-order valence-electron chi connectivity index (χ1n) is 11.0. The van der Waals surface area contributed by atoms with E-state index < -0.39 is 29.7 Å². The molecule has 3 amide bonds. The highest BCUT2D eigenvalue weighted by atomic mass is 16.5. The van der Waals surface area contributed by atoms with Crippen molar-refractivity contribution >= 4 is 23.7 Å². The molecule has 0 aromatic rings. The average Bonchev–Trinajstić information content (AvgIpc) is 2.78. The number of hydrogen-bond acceptors (Lipinski definition) is 9. The van der Waals surface area contributed by atoms with E-state index >= 15 is 0 Å². The van der Waals surface area contributed by atoms with E-state index in [-0.39, 0.29) is 78.5 Å². The molecule has 0 heterocycles. The SMILES string of the molecule is COCCN(CCOC)C(=O)CN(CC(=O)N(CCOC)CCOC)[C@@H](CCC(N)=O)C(=O)O. The summed E-state index contributed by atoms with van der Waals surface area (Å²) in [6.07, 6.45) is -0.346. The molecule has 0 fully saturated rings. The number of carboxylic acid groups (broad SMARTS) is 1. The van der Waals surface area contributed by atoms with Gasteiger partial charge in [-0.3, -0.25) is 24.1 Å². The summed E-state index contributed by atoms with van der Waals surface area (Å²) in [4.78, 5) is 53.6. The Morgan fingerprint density at radius 2 is 1.09 bits per heavy atom. The van der Waals surface area contributed by atoms with Gasteiger partial charge in [-0.05, 0) is 6.42 Å². The molecule has 0 rings (SSSR count). The first kappa shape index (κ1) is 31.7. The molecule has 0 aromatic carbocycles. The Labute approximate surface area is 201 Å². The van der Waals surface area contributed by atoms with Gasteiger partial charge in [-0.25, -0.2) is 0 Å². The van der Waals surface area contributed by atoms with Gasteiger partial charge in [0.2, 0.25) is 17.7 Å². The third-order valence-electron chi connectivity index (χ3n) is 5.03. The van der Waals surface area contributed by atoms with Gasteiger partial charge in [0.05, 0.1) is 39.5 Å². The standard InChI is InChI=1S/C21H40N4O9/c1-31-11-7-23(8-12-32-2)19(27)15-25(17(21(29)30)5-6-18(22)26)16-20(28)24(9-13-33-3)10-14-34-4/h17H,5-16H2,1-4H3,(H2,22,26)(H,29,30)/t17-/m0/s1. The van der Waals surface area contributed by atoms with E-state index in [1.54, 1.807) is 0 Å². The van der Waals surface area contributed by atoms with Crippen LogP contribution in [-0.2, 0) is 38.1 Å². The first-order chi connectivity index (χ1) is 16.2. The van der Waals surface area contributed by atoms with Gasteiger partial charge in [0.25, 0.3) is 0 Å². The van der Waals surface area contributed by atoms with E-state index in [4.69, 9.17) is 24.7 Å². The van der Waals surface area contributed by atoms with Crippen LogP contribution in [0, 0.1) is 0 Å². The van der Waals surface area contributed by atoms with Crippen molar-refractivity contribution in [1.82, 2.24) is 14.7 Å². The van der Waals surface area contributed by atoms with E-state index in [1.165, 1.54) is 43.1 Å². The number of primary amides is 1. The van der Waals surface area contributed by atoms with Gasteiger partial charge < -0.3 is 39.6 Å². The minimum Gasteiger partial charge on any atom is -0.480 e. The molecule has 0 radical (unpaired) electrons. The van der Waals surface area contributed by atoms with E-state index in [2.05, 4.69) is 0 Å². The van der Waals surface area contributed by atoms with Crippen LogP contribution in [0.4, 0.5) is 0 Å². The van der Waals surface area contributed by atoms with Gasteiger partial charge in [0, 0.05) is 61.0 Å². The van der Waals surface area contributed by atoms with Crippen molar-refractivity contribution in [2.75, 3.05) is 94.1 Å². The van der Waals surface area contributed by atoms with Crippen molar-refractivity contribution in [2.24, 2.45) is 5.73 Å². The number of aliphatic carboxylic acids is 1. The van der Waals surface area contributed by atoms with Crippen molar-refractivity contribution < 1.29 is 43.2 Å². The number of carbonyl (C=O) groups excluding carboxylic acids is 3. The van der Waals surface area contributed by atoms with E-state index in [9.17, 15) is 24.3 Å². The van der Waals surface area contributed by atoms with Crippen LogP contribution in [0.1, 0.15) is 12.8 Å². The number of hydrogen-bond donors (Lipinski definition) is 2. The Hall–Kier alpha value is -2.32. The largest absolute Gasteiger partial charge is 0.480 e. The van der Waals surface area contributed by atoms with Crippen molar-refractivity contribution in [3.8, 4) is 0 Å². The molecule has 3 N–H and O–H groups in total. The van der Waals surface area contributed by atoms with Crippen LogP contribution in [-0.4, -0.2) is 144 Å². The molecular formula is C21H40N4O9. The smallest absolute Gasteiger partial charge is 0.320 e. The number of rotatable bonds is 21. The molecule has 0 aromatic heterocycles. The number of nitrogens with two attached hydrogens (primary N) is 1. The minimum atomic E-state index is -1.26. The molecule has 0 aliphatic rings. The Kier molecular flexibility index (Phi) is 17.7. The van der Waals surface area contributed by atoms with Crippen LogP contribution in [0.3, 0.4) is 0 Å². The maximum atomic E-state index is 13.0. The molecular weight excluding hydrogens is 452 g/mol. The van der Waals surface area contributed by atoms with Crippen molar-refractivity contribution in [3.63, 3.8) is 0 Å². The molecule has 0 saturated heterocycles. The van der Waals surface area contributed by atoms with Crippen molar-refractivity contribution in [3.05, 3.63) is 0 Å². The third kappa shape index (κ3) is 13.4. The van der Waals surface area contributed by atoms with Crippen LogP contribution in [0.25, 0.3) is 0 Å². The maximum absolute atomic E-state index is 13.0. The molecule has 0 aliphatic heterocycles. The number of carbonyl (C=O) groups is 4. The lowest BCUT2D eigenvalue weighted by Crippen LogP contribution is -2.53. The highest BCUT2D eigenvalue weighted by Crippen LogP contribution is 2.10. The molecule has 34 heavy (non-hydrogen) atoms. The normalized spacial score (nSPS) is 11.9. The van der Waals surface area contributed by atoms with E-state index in [0.717, 1.165) is 0 Å². The fourth-order valence-electron chi connectivity index (χ4n) is 3.09. The maximum Gasteiger partial charge on any atom is 0.320 e. The lowest BCUT2D eigenvalue weighted by Gasteiger charge is -2.32. The van der Waals surface area contributed by atoms with Crippen molar-refractivity contribution in [2.45, 2.75) is 18.9 Å². The summed E-state index contributed by atoms with van der Waals surface area (Å²) in [7, 11) is 6.01. The quantitative estimate of drug-likeness (QED) is 0.188. The zero-order chi connectivity index (χ0) is 25.9. The van der Waals surface area contributed by atoms with Crippen molar-refractivity contribution in [1.29, 1.82) is 0 Å². The predicted molar refractivity (Wildman–Crippen MR) is 122 cm³/mol. The molecule has 0 unspecified atom stereocenters. The Balaban J connectivity index is 5.75. The van der Waals surface area contributed by atoms with E-state index in [1.807, 2.05) is 0 Å². The molecule has 13 heteroatoms. The second-order valence-corrected chi connectivity index (χ2v) is 7.50. The number of ether oxygens (including phenoxy) is 4. The zero-order valence-electron chi connectivity index (χ0n) is 20.7. The van der Waals surface area contributed by atoms with Crippen LogP contribution in [0.5, 0.6) is 0 Å². The van der Waals surface area contributed by atoms with Gasteiger partial charge in [0.15, 0.2) is 0 Å². The highest BCUT2D eigenvalue weighted by Gasteiger charge is 2.31. The van der Waals surface area contributed by atoms with Crippen LogP contribution in [0.15, 0.2) is 0 Å². The van der Waals surface area contributed by atoms with Gasteiger partial charge in [-0.1, -0.05) is 0 Å². The second kappa shape index (κ2) is 19.0. The predicted octanol–water partition coefficient (Wildman–Crippen LogP) is -1.75. The average molecular weight is 493 g/mol. The number of nitrogens with zero attached hydrogens (tertiary/aromatic N) is 3. The topological polar surface area (TPSA) is 161 Å². The number of methoxy groups -OCH3 is 4. The summed E-state index contributed by atoms with van der Waals surface area (Å²) in [5.74, 6) is -2.73. The summed E-state index contributed by atoms with van der Waals surface area (Å²) in [5, 5.41) is 9.80. The second-order valence-electron chi connectivity index (χ2n) is 7.50. The molecule has 0 saturated carbocycles. The fraction of sp³-hybridized carbons (Fsp3) is 0.810. The fourth-order valence-corrected chi connectivity index (χ4v) is 3.09. The van der Waals surface area contributed by atoms with Gasteiger partial charge in [-0.2, -0.15) is 0 Å². The number of amides is 3. The minimum absolute atomic E-state index is 0.141. The first-order valence-corrected chi connectivity index (χ1v) is 11.0. The monoisotopic (exact) mass is 492 g/mol. The number of carboxylic acids is 1. The van der Waals surface area contributed by atoms with Crippen LogP contribution in [0.2, 0.25) is 0 Å². The van der Waals surface area contributed by atoms with Gasteiger partial charge >= 0.3 is 5.97 Å². The summed E-state index contributed by atoms with van der Waals surface area (Å²) in [5.41, 5.74) is 5.20. The van der Waals surface area contributed by atoms with E-state index in [0.29, 0.717) is 0 Å². The Morgan fingerprint density at radius 3 is 1.35 bits per heavy atom.